The molecule has 3 heterocycles. The van der Waals surface area contributed by atoms with Crippen molar-refractivity contribution >= 4 is 28.7 Å². The highest BCUT2D eigenvalue weighted by molar-refractivity contribution is 6.33. The summed E-state index contributed by atoms with van der Waals surface area (Å²) in [5, 5.41) is 9.16. The number of carboxylic acid groups (broad SMARTS) is 1. The van der Waals surface area contributed by atoms with Gasteiger partial charge in [-0.2, -0.15) is 0 Å². The van der Waals surface area contributed by atoms with Gasteiger partial charge >= 0.3 is 6.09 Å². The number of likely N-dealkylation sites (tertiary alicyclic amines) is 1. The normalized spacial score (nSPS) is 18.4. The van der Waals surface area contributed by atoms with E-state index in [2.05, 4.69) is 15.0 Å². The molecule has 2 aromatic heterocycles. The third-order valence-electron chi connectivity index (χ3n) is 3.11. The van der Waals surface area contributed by atoms with E-state index < -0.39 is 6.09 Å². The maximum absolute atomic E-state index is 10.8. The van der Waals surface area contributed by atoms with Gasteiger partial charge in [0.1, 0.15) is 17.9 Å². The fourth-order valence-electron chi connectivity index (χ4n) is 2.13. The molecule has 0 saturated carbocycles. The molecule has 1 saturated heterocycles. The van der Waals surface area contributed by atoms with E-state index in [1.807, 2.05) is 0 Å². The maximum Gasteiger partial charge on any atom is 0.407 e. The van der Waals surface area contributed by atoms with Crippen LogP contribution in [0.2, 0.25) is 5.15 Å². The SMILES string of the molecule is O=C(O)N1CC[C@H](Oc2ccc3ncnc(Cl)c3n2)C1. The number of amides is 1. The summed E-state index contributed by atoms with van der Waals surface area (Å²) in [5.74, 6) is 0.395. The first kappa shape index (κ1) is 12.9. The fraction of sp³-hybridized carbons (Fsp3) is 0.333. The molecule has 0 spiro atoms. The highest BCUT2D eigenvalue weighted by atomic mass is 35.5. The first-order valence-corrected chi connectivity index (χ1v) is 6.43. The Morgan fingerprint density at radius 1 is 1.45 bits per heavy atom. The van der Waals surface area contributed by atoms with Crippen LogP contribution in [0.4, 0.5) is 4.79 Å². The van der Waals surface area contributed by atoms with Crippen LogP contribution in [0, 0.1) is 0 Å². The Morgan fingerprint density at radius 3 is 3.05 bits per heavy atom. The van der Waals surface area contributed by atoms with Crippen LogP contribution in [0.5, 0.6) is 5.88 Å². The van der Waals surface area contributed by atoms with Crippen molar-refractivity contribution in [1.29, 1.82) is 0 Å². The Morgan fingerprint density at radius 2 is 2.30 bits per heavy atom. The van der Waals surface area contributed by atoms with Crippen LogP contribution in [-0.2, 0) is 0 Å². The molecule has 7 nitrogen and oxygen atoms in total. The zero-order valence-electron chi connectivity index (χ0n) is 10.4. The number of fused-ring (bicyclic) bond motifs is 1. The highest BCUT2D eigenvalue weighted by Gasteiger charge is 2.27. The number of nitrogens with zero attached hydrogens (tertiary/aromatic N) is 4. The molecule has 3 rings (SSSR count). The Bertz CT molecular complexity index is 666. The molecule has 1 atom stereocenters. The Kier molecular flexibility index (Phi) is 3.27. The van der Waals surface area contributed by atoms with Crippen molar-refractivity contribution in [2.75, 3.05) is 13.1 Å². The molecule has 1 N–H and O–H groups in total. The molecule has 1 amide bonds. The third kappa shape index (κ3) is 2.44. The number of rotatable bonds is 2. The summed E-state index contributed by atoms with van der Waals surface area (Å²) < 4.78 is 5.69. The van der Waals surface area contributed by atoms with E-state index in [0.29, 0.717) is 36.4 Å². The standard InChI is InChI=1S/C12H11ClN4O3/c13-11-10-8(14-6-15-11)1-2-9(16-10)20-7-3-4-17(5-7)12(18)19/h1-2,6-7H,3-5H2,(H,18,19)/t7-/m0/s1. The smallest absolute Gasteiger partial charge is 0.407 e. The summed E-state index contributed by atoms with van der Waals surface area (Å²) in [7, 11) is 0. The van der Waals surface area contributed by atoms with Crippen LogP contribution in [0.3, 0.4) is 0 Å². The minimum Gasteiger partial charge on any atom is -0.472 e. The van der Waals surface area contributed by atoms with Crippen LogP contribution in [0.15, 0.2) is 18.5 Å². The van der Waals surface area contributed by atoms with Gasteiger partial charge in [0.05, 0.1) is 12.1 Å². The van der Waals surface area contributed by atoms with Crippen LogP contribution >= 0.6 is 11.6 Å². The number of aromatic nitrogens is 3. The minimum absolute atomic E-state index is 0.195. The molecule has 2 aromatic rings. The lowest BCUT2D eigenvalue weighted by Gasteiger charge is -2.14. The first-order valence-electron chi connectivity index (χ1n) is 6.05. The molecular formula is C12H11ClN4O3. The number of hydrogen-bond donors (Lipinski definition) is 1. The highest BCUT2D eigenvalue weighted by Crippen LogP contribution is 2.22. The molecule has 104 valence electrons. The molecule has 8 heteroatoms. The molecule has 1 aliphatic rings. The predicted molar refractivity (Wildman–Crippen MR) is 71.0 cm³/mol. The number of halogens is 1. The van der Waals surface area contributed by atoms with Gasteiger partial charge < -0.3 is 14.7 Å². The Balaban J connectivity index is 1.78. The largest absolute Gasteiger partial charge is 0.472 e. The summed E-state index contributed by atoms with van der Waals surface area (Å²) in [6, 6.07) is 3.43. The third-order valence-corrected chi connectivity index (χ3v) is 3.39. The quantitative estimate of drug-likeness (QED) is 0.850. The van der Waals surface area contributed by atoms with Gasteiger partial charge in [0.25, 0.3) is 0 Å². The van der Waals surface area contributed by atoms with Gasteiger partial charge in [0.2, 0.25) is 5.88 Å². The second-order valence-corrected chi connectivity index (χ2v) is 4.80. The molecule has 0 aliphatic carbocycles. The maximum atomic E-state index is 10.8. The van der Waals surface area contributed by atoms with Crippen LogP contribution < -0.4 is 4.74 Å². The van der Waals surface area contributed by atoms with E-state index in [1.54, 1.807) is 12.1 Å². The van der Waals surface area contributed by atoms with Crippen LogP contribution in [-0.4, -0.2) is 50.2 Å². The molecule has 1 fully saturated rings. The van der Waals surface area contributed by atoms with Crippen molar-refractivity contribution in [3.63, 3.8) is 0 Å². The topological polar surface area (TPSA) is 88.4 Å². The van der Waals surface area contributed by atoms with Gasteiger partial charge in [0, 0.05) is 19.0 Å². The molecule has 20 heavy (non-hydrogen) atoms. The lowest BCUT2D eigenvalue weighted by atomic mass is 10.3. The van der Waals surface area contributed by atoms with E-state index in [-0.39, 0.29) is 11.3 Å². The van der Waals surface area contributed by atoms with Gasteiger partial charge in [0.15, 0.2) is 5.15 Å². The molecule has 0 unspecified atom stereocenters. The number of pyridine rings is 1. The van der Waals surface area contributed by atoms with E-state index in [0.717, 1.165) is 0 Å². The van der Waals surface area contributed by atoms with Crippen molar-refractivity contribution in [3.05, 3.63) is 23.6 Å². The van der Waals surface area contributed by atoms with E-state index >= 15 is 0 Å². The predicted octanol–water partition coefficient (Wildman–Crippen LogP) is 1.81. The molecule has 1 aliphatic heterocycles. The van der Waals surface area contributed by atoms with Gasteiger partial charge in [-0.3, -0.25) is 0 Å². The molecule has 0 radical (unpaired) electrons. The molecule has 0 aromatic carbocycles. The van der Waals surface area contributed by atoms with Crippen molar-refractivity contribution in [2.45, 2.75) is 12.5 Å². The summed E-state index contributed by atoms with van der Waals surface area (Å²) in [6.45, 7) is 0.811. The molecular weight excluding hydrogens is 284 g/mol. The number of carbonyl (C=O) groups is 1. The van der Waals surface area contributed by atoms with Gasteiger partial charge in [-0.1, -0.05) is 11.6 Å². The lowest BCUT2D eigenvalue weighted by Crippen LogP contribution is -2.29. The van der Waals surface area contributed by atoms with Crippen molar-refractivity contribution in [2.24, 2.45) is 0 Å². The van der Waals surface area contributed by atoms with Gasteiger partial charge in [-0.05, 0) is 6.07 Å². The first-order chi connectivity index (χ1) is 9.63. The summed E-state index contributed by atoms with van der Waals surface area (Å²) in [4.78, 5) is 24.3. The fourth-order valence-corrected chi connectivity index (χ4v) is 2.31. The zero-order valence-corrected chi connectivity index (χ0v) is 11.1. The molecule has 0 bridgehead atoms. The van der Waals surface area contributed by atoms with E-state index in [4.69, 9.17) is 21.4 Å². The summed E-state index contributed by atoms with van der Waals surface area (Å²) >= 11 is 5.96. The summed E-state index contributed by atoms with van der Waals surface area (Å²) in [6.07, 6.45) is 0.887. The van der Waals surface area contributed by atoms with Crippen molar-refractivity contribution in [3.8, 4) is 5.88 Å². The second-order valence-electron chi connectivity index (χ2n) is 4.44. The van der Waals surface area contributed by atoms with Gasteiger partial charge in [-0.25, -0.2) is 19.7 Å². The zero-order chi connectivity index (χ0) is 14.1. The van der Waals surface area contributed by atoms with E-state index in [1.165, 1.54) is 11.2 Å². The average molecular weight is 295 g/mol. The Hall–Kier alpha value is -2.15. The van der Waals surface area contributed by atoms with Crippen molar-refractivity contribution < 1.29 is 14.6 Å². The second kappa shape index (κ2) is 5.09. The monoisotopic (exact) mass is 294 g/mol. The van der Waals surface area contributed by atoms with Crippen LogP contribution in [0.25, 0.3) is 11.0 Å². The van der Waals surface area contributed by atoms with Crippen molar-refractivity contribution in [1.82, 2.24) is 19.9 Å². The van der Waals surface area contributed by atoms with Gasteiger partial charge in [-0.15, -0.1) is 0 Å². The summed E-state index contributed by atoms with van der Waals surface area (Å²) in [5.41, 5.74) is 1.11. The van der Waals surface area contributed by atoms with E-state index in [9.17, 15) is 4.79 Å². The lowest BCUT2D eigenvalue weighted by molar-refractivity contribution is 0.144. The number of ether oxygens (including phenoxy) is 1. The minimum atomic E-state index is -0.931. The Labute approximate surface area is 119 Å². The van der Waals surface area contributed by atoms with Crippen LogP contribution in [0.1, 0.15) is 6.42 Å². The average Bonchev–Trinajstić information content (AvgIpc) is 2.88. The number of hydrogen-bond acceptors (Lipinski definition) is 5.